The van der Waals surface area contributed by atoms with Crippen molar-refractivity contribution < 1.29 is 14.3 Å². The number of amides is 1. The van der Waals surface area contributed by atoms with Crippen molar-refractivity contribution in [2.45, 2.75) is 19.9 Å². The van der Waals surface area contributed by atoms with E-state index in [1.165, 1.54) is 7.11 Å². The van der Waals surface area contributed by atoms with Crippen LogP contribution in [-0.4, -0.2) is 25.0 Å². The number of anilines is 1. The van der Waals surface area contributed by atoms with Crippen molar-refractivity contribution in [1.29, 1.82) is 0 Å². The second-order valence-electron chi connectivity index (χ2n) is 4.34. The van der Waals surface area contributed by atoms with Crippen LogP contribution in [0.25, 0.3) is 0 Å². The zero-order valence-corrected chi connectivity index (χ0v) is 10.8. The standard InChI is InChI=1S/C13H18N2O3/c1-8(2)11(13(17)18-3)15-12(16)9-4-6-10(14)7-5-9/h4-8,11H,14H2,1-3H3,(H,15,16). The van der Waals surface area contributed by atoms with E-state index < -0.39 is 12.0 Å². The maximum absolute atomic E-state index is 11.9. The first-order valence-corrected chi connectivity index (χ1v) is 5.70. The molecule has 18 heavy (non-hydrogen) atoms. The predicted molar refractivity (Wildman–Crippen MR) is 69.0 cm³/mol. The molecule has 5 nitrogen and oxygen atoms in total. The monoisotopic (exact) mass is 250 g/mol. The summed E-state index contributed by atoms with van der Waals surface area (Å²) in [6, 6.07) is 5.84. The number of esters is 1. The second kappa shape index (κ2) is 6.05. The molecule has 98 valence electrons. The van der Waals surface area contributed by atoms with E-state index in [0.29, 0.717) is 11.3 Å². The molecule has 1 aromatic rings. The molecule has 1 amide bonds. The molecule has 0 aliphatic carbocycles. The van der Waals surface area contributed by atoms with Gasteiger partial charge >= 0.3 is 5.97 Å². The second-order valence-corrected chi connectivity index (χ2v) is 4.34. The first kappa shape index (κ1) is 14.0. The van der Waals surface area contributed by atoms with E-state index in [4.69, 9.17) is 5.73 Å². The average molecular weight is 250 g/mol. The summed E-state index contributed by atoms with van der Waals surface area (Å²) < 4.78 is 4.66. The highest BCUT2D eigenvalue weighted by Gasteiger charge is 2.25. The Morgan fingerprint density at radius 1 is 1.22 bits per heavy atom. The van der Waals surface area contributed by atoms with Crippen molar-refractivity contribution in [3.8, 4) is 0 Å². The number of nitrogens with two attached hydrogens (primary N) is 1. The van der Waals surface area contributed by atoms with Gasteiger partial charge in [-0.3, -0.25) is 4.79 Å². The summed E-state index contributed by atoms with van der Waals surface area (Å²) >= 11 is 0. The number of methoxy groups -OCH3 is 1. The molecule has 0 saturated heterocycles. The van der Waals surface area contributed by atoms with E-state index in [2.05, 4.69) is 10.1 Å². The molecule has 3 N–H and O–H groups in total. The highest BCUT2D eigenvalue weighted by atomic mass is 16.5. The topological polar surface area (TPSA) is 81.4 Å². The molecule has 0 aliphatic rings. The van der Waals surface area contributed by atoms with Crippen molar-refractivity contribution in [3.63, 3.8) is 0 Å². The molecule has 0 aromatic heterocycles. The Hall–Kier alpha value is -2.04. The Morgan fingerprint density at radius 3 is 2.22 bits per heavy atom. The summed E-state index contributed by atoms with van der Waals surface area (Å²) in [5.41, 5.74) is 6.58. The van der Waals surface area contributed by atoms with Gasteiger partial charge in [0, 0.05) is 11.3 Å². The van der Waals surface area contributed by atoms with Crippen molar-refractivity contribution >= 4 is 17.6 Å². The van der Waals surface area contributed by atoms with Gasteiger partial charge in [-0.2, -0.15) is 0 Å². The van der Waals surface area contributed by atoms with E-state index in [1.807, 2.05) is 13.8 Å². The lowest BCUT2D eigenvalue weighted by Crippen LogP contribution is -2.45. The summed E-state index contributed by atoms with van der Waals surface area (Å²) in [6.45, 7) is 3.68. The summed E-state index contributed by atoms with van der Waals surface area (Å²) in [5.74, 6) is -0.817. The van der Waals surface area contributed by atoms with Gasteiger partial charge in [0.15, 0.2) is 0 Å². The van der Waals surface area contributed by atoms with Crippen molar-refractivity contribution in [3.05, 3.63) is 29.8 Å². The zero-order valence-electron chi connectivity index (χ0n) is 10.8. The minimum Gasteiger partial charge on any atom is -0.467 e. The third-order valence-corrected chi connectivity index (χ3v) is 2.58. The maximum Gasteiger partial charge on any atom is 0.328 e. The van der Waals surface area contributed by atoms with Crippen molar-refractivity contribution in [2.75, 3.05) is 12.8 Å². The summed E-state index contributed by atoms with van der Waals surface area (Å²) in [7, 11) is 1.30. The number of carbonyl (C=O) groups is 2. The molecule has 1 aromatic carbocycles. The van der Waals surface area contributed by atoms with Gasteiger partial charge in [0.25, 0.3) is 5.91 Å². The molecular weight excluding hydrogens is 232 g/mol. The van der Waals surface area contributed by atoms with E-state index in [-0.39, 0.29) is 11.8 Å². The lowest BCUT2D eigenvalue weighted by atomic mass is 10.0. The Balaban J connectivity index is 2.78. The van der Waals surface area contributed by atoms with Crippen LogP contribution in [-0.2, 0) is 9.53 Å². The van der Waals surface area contributed by atoms with Crippen molar-refractivity contribution in [1.82, 2.24) is 5.32 Å². The molecule has 0 heterocycles. The van der Waals surface area contributed by atoms with E-state index in [1.54, 1.807) is 24.3 Å². The molecule has 1 atom stereocenters. The predicted octanol–water partition coefficient (Wildman–Crippen LogP) is 1.20. The molecule has 0 radical (unpaired) electrons. The fourth-order valence-electron chi connectivity index (χ4n) is 1.48. The summed E-state index contributed by atoms with van der Waals surface area (Å²) in [4.78, 5) is 23.4. The summed E-state index contributed by atoms with van der Waals surface area (Å²) in [6.07, 6.45) is 0. The number of benzene rings is 1. The number of nitrogen functional groups attached to an aromatic ring is 1. The molecule has 0 saturated carbocycles. The lowest BCUT2D eigenvalue weighted by molar-refractivity contribution is -0.144. The SMILES string of the molecule is COC(=O)C(NC(=O)c1ccc(N)cc1)C(C)C. The van der Waals surface area contributed by atoms with E-state index >= 15 is 0 Å². The molecule has 0 bridgehead atoms. The van der Waals surface area contributed by atoms with Crippen molar-refractivity contribution in [2.24, 2.45) is 5.92 Å². The van der Waals surface area contributed by atoms with Gasteiger partial charge in [0.1, 0.15) is 6.04 Å². The number of hydrogen-bond acceptors (Lipinski definition) is 4. The Bertz CT molecular complexity index is 426. The van der Waals surface area contributed by atoms with Crippen LogP contribution >= 0.6 is 0 Å². The molecule has 0 fully saturated rings. The van der Waals surface area contributed by atoms with Gasteiger partial charge < -0.3 is 15.8 Å². The smallest absolute Gasteiger partial charge is 0.328 e. The van der Waals surface area contributed by atoms with Crippen LogP contribution in [0.15, 0.2) is 24.3 Å². The molecular formula is C13H18N2O3. The lowest BCUT2D eigenvalue weighted by Gasteiger charge is -2.19. The number of hydrogen-bond donors (Lipinski definition) is 2. The Labute approximate surface area is 106 Å². The molecule has 1 rings (SSSR count). The molecule has 5 heteroatoms. The minimum absolute atomic E-state index is 0.0461. The molecule has 0 aliphatic heterocycles. The fourth-order valence-corrected chi connectivity index (χ4v) is 1.48. The number of carbonyl (C=O) groups excluding carboxylic acids is 2. The van der Waals surface area contributed by atoms with Gasteiger partial charge in [-0.05, 0) is 30.2 Å². The minimum atomic E-state index is -0.653. The van der Waals surface area contributed by atoms with Gasteiger partial charge in [-0.15, -0.1) is 0 Å². The van der Waals surface area contributed by atoms with Crippen LogP contribution in [0.3, 0.4) is 0 Å². The third kappa shape index (κ3) is 3.48. The van der Waals surface area contributed by atoms with Gasteiger partial charge in [0.05, 0.1) is 7.11 Å². The van der Waals surface area contributed by atoms with Gasteiger partial charge in [-0.1, -0.05) is 13.8 Å². The van der Waals surface area contributed by atoms with Crippen LogP contribution in [0.4, 0.5) is 5.69 Å². The van der Waals surface area contributed by atoms with Crippen LogP contribution < -0.4 is 11.1 Å². The number of nitrogens with one attached hydrogen (secondary N) is 1. The fraction of sp³-hybridized carbons (Fsp3) is 0.385. The Morgan fingerprint density at radius 2 is 1.78 bits per heavy atom. The van der Waals surface area contributed by atoms with Crippen LogP contribution in [0.1, 0.15) is 24.2 Å². The van der Waals surface area contributed by atoms with Crippen LogP contribution in [0.2, 0.25) is 0 Å². The number of ether oxygens (including phenoxy) is 1. The normalized spacial score (nSPS) is 12.0. The summed E-state index contributed by atoms with van der Waals surface area (Å²) in [5, 5.41) is 2.65. The van der Waals surface area contributed by atoms with Gasteiger partial charge in [0.2, 0.25) is 0 Å². The Kier molecular flexibility index (Phi) is 4.71. The first-order chi connectivity index (χ1) is 8.45. The van der Waals surface area contributed by atoms with Gasteiger partial charge in [-0.25, -0.2) is 4.79 Å². The van der Waals surface area contributed by atoms with Crippen LogP contribution in [0, 0.1) is 5.92 Å². The first-order valence-electron chi connectivity index (χ1n) is 5.70. The zero-order chi connectivity index (χ0) is 13.7. The quantitative estimate of drug-likeness (QED) is 0.621. The number of rotatable bonds is 4. The van der Waals surface area contributed by atoms with E-state index in [0.717, 1.165) is 0 Å². The molecule has 1 unspecified atom stereocenters. The van der Waals surface area contributed by atoms with E-state index in [9.17, 15) is 9.59 Å². The maximum atomic E-state index is 11.9. The average Bonchev–Trinajstić information content (AvgIpc) is 2.35. The van der Waals surface area contributed by atoms with Crippen LogP contribution in [0.5, 0.6) is 0 Å². The molecule has 0 spiro atoms. The highest BCUT2D eigenvalue weighted by Crippen LogP contribution is 2.08. The third-order valence-electron chi connectivity index (χ3n) is 2.58. The highest BCUT2D eigenvalue weighted by molar-refractivity contribution is 5.97. The largest absolute Gasteiger partial charge is 0.467 e.